The first-order chi connectivity index (χ1) is 7.61. The Morgan fingerprint density at radius 2 is 2.12 bits per heavy atom. The first-order valence-electron chi connectivity index (χ1n) is 4.64. The molecule has 1 aromatic heterocycles. The molecule has 1 aromatic carbocycles. The molecule has 2 aromatic rings. The third-order valence-electron chi connectivity index (χ3n) is 2.26. The third-order valence-corrected chi connectivity index (χ3v) is 3.59. The summed E-state index contributed by atoms with van der Waals surface area (Å²) >= 11 is 7.13. The van der Waals surface area contributed by atoms with E-state index in [0.29, 0.717) is 4.88 Å². The largest absolute Gasteiger partial charge is 0.288 e. The summed E-state index contributed by atoms with van der Waals surface area (Å²) in [6, 6.07) is 6.06. The normalized spacial score (nSPS) is 10.4. The van der Waals surface area contributed by atoms with E-state index >= 15 is 0 Å². The van der Waals surface area contributed by atoms with E-state index in [9.17, 15) is 9.18 Å². The number of carbonyl (C=O) groups excluding carboxylic acids is 1. The monoisotopic (exact) mass is 254 g/mol. The molecule has 0 aliphatic carbocycles. The summed E-state index contributed by atoms with van der Waals surface area (Å²) in [6.07, 6.45) is 0. The number of thiophene rings is 1. The van der Waals surface area contributed by atoms with Crippen molar-refractivity contribution in [2.75, 3.05) is 0 Å². The molecule has 0 spiro atoms. The molecule has 1 nitrogen and oxygen atoms in total. The molecule has 0 unspecified atom stereocenters. The van der Waals surface area contributed by atoms with Crippen molar-refractivity contribution in [3.63, 3.8) is 0 Å². The molecule has 16 heavy (non-hydrogen) atoms. The van der Waals surface area contributed by atoms with Crippen molar-refractivity contribution < 1.29 is 9.18 Å². The summed E-state index contributed by atoms with van der Waals surface area (Å²) in [4.78, 5) is 12.6. The lowest BCUT2D eigenvalue weighted by Crippen LogP contribution is -2.04. The maximum atomic E-state index is 13.5. The predicted octanol–water partition coefficient (Wildman–Crippen LogP) is 4.08. The minimum atomic E-state index is -0.578. The second-order valence-corrected chi connectivity index (χ2v) is 4.68. The van der Waals surface area contributed by atoms with Gasteiger partial charge in [-0.3, -0.25) is 4.79 Å². The quantitative estimate of drug-likeness (QED) is 0.738. The molecule has 1 heterocycles. The zero-order chi connectivity index (χ0) is 11.7. The molecule has 0 saturated carbocycles. The summed E-state index contributed by atoms with van der Waals surface area (Å²) in [7, 11) is 0. The number of rotatable bonds is 2. The van der Waals surface area contributed by atoms with Crippen LogP contribution in [0.3, 0.4) is 0 Å². The van der Waals surface area contributed by atoms with Crippen molar-refractivity contribution >= 4 is 28.7 Å². The Bertz CT molecular complexity index is 527. The van der Waals surface area contributed by atoms with E-state index in [1.807, 2.05) is 13.0 Å². The average molecular weight is 255 g/mol. The fourth-order valence-electron chi connectivity index (χ4n) is 1.43. The standard InChI is InChI=1S/C12H8ClFOS/c1-7-5-6-16-12(7)11(15)10-8(13)3-2-4-9(10)14/h2-6H,1H3. The van der Waals surface area contributed by atoms with Crippen molar-refractivity contribution in [3.05, 3.63) is 56.5 Å². The van der Waals surface area contributed by atoms with E-state index in [2.05, 4.69) is 0 Å². The van der Waals surface area contributed by atoms with Crippen LogP contribution >= 0.6 is 22.9 Å². The summed E-state index contributed by atoms with van der Waals surface area (Å²) < 4.78 is 13.5. The topological polar surface area (TPSA) is 17.1 Å². The smallest absolute Gasteiger partial charge is 0.207 e. The van der Waals surface area contributed by atoms with E-state index < -0.39 is 5.82 Å². The number of hydrogen-bond donors (Lipinski definition) is 0. The summed E-state index contributed by atoms with van der Waals surface area (Å²) in [6.45, 7) is 1.82. The van der Waals surface area contributed by atoms with Crippen molar-refractivity contribution in [2.24, 2.45) is 0 Å². The Kier molecular flexibility index (Phi) is 3.08. The van der Waals surface area contributed by atoms with Gasteiger partial charge in [-0.15, -0.1) is 11.3 Å². The molecule has 0 fully saturated rings. The van der Waals surface area contributed by atoms with Crippen LogP contribution in [-0.4, -0.2) is 5.78 Å². The number of carbonyl (C=O) groups is 1. The van der Waals surface area contributed by atoms with Gasteiger partial charge in [-0.25, -0.2) is 4.39 Å². The average Bonchev–Trinajstić information content (AvgIpc) is 2.64. The molecule has 0 radical (unpaired) electrons. The van der Waals surface area contributed by atoms with E-state index in [1.165, 1.54) is 29.5 Å². The van der Waals surface area contributed by atoms with Gasteiger partial charge in [0.05, 0.1) is 15.5 Å². The first kappa shape index (κ1) is 11.3. The molecule has 0 atom stereocenters. The van der Waals surface area contributed by atoms with Gasteiger partial charge in [0.2, 0.25) is 5.78 Å². The molecule has 0 aliphatic heterocycles. The fourth-order valence-corrected chi connectivity index (χ4v) is 2.55. The van der Waals surface area contributed by atoms with Crippen molar-refractivity contribution in [3.8, 4) is 0 Å². The second-order valence-electron chi connectivity index (χ2n) is 3.36. The summed E-state index contributed by atoms with van der Waals surface area (Å²) in [5.74, 6) is -0.930. The highest BCUT2D eigenvalue weighted by molar-refractivity contribution is 7.12. The van der Waals surface area contributed by atoms with Gasteiger partial charge < -0.3 is 0 Å². The molecule has 0 N–H and O–H groups in total. The molecule has 0 saturated heterocycles. The number of ketones is 1. The Morgan fingerprint density at radius 3 is 2.69 bits per heavy atom. The molecule has 0 bridgehead atoms. The van der Waals surface area contributed by atoms with E-state index in [1.54, 1.807) is 5.38 Å². The lowest BCUT2D eigenvalue weighted by atomic mass is 10.1. The van der Waals surface area contributed by atoms with Crippen molar-refractivity contribution in [1.82, 2.24) is 0 Å². The maximum absolute atomic E-state index is 13.5. The second kappa shape index (κ2) is 4.36. The highest BCUT2D eigenvalue weighted by Crippen LogP contribution is 2.26. The molecule has 82 valence electrons. The molecular formula is C12H8ClFOS. The van der Waals surface area contributed by atoms with Crippen LogP contribution in [0.1, 0.15) is 20.8 Å². The van der Waals surface area contributed by atoms with Gasteiger partial charge in [0.15, 0.2) is 0 Å². The van der Waals surface area contributed by atoms with Crippen LogP contribution in [0.2, 0.25) is 5.02 Å². The van der Waals surface area contributed by atoms with E-state index in [0.717, 1.165) is 5.56 Å². The van der Waals surface area contributed by atoms with Gasteiger partial charge in [-0.05, 0) is 36.1 Å². The fraction of sp³-hybridized carbons (Fsp3) is 0.0833. The van der Waals surface area contributed by atoms with Crippen LogP contribution in [0.5, 0.6) is 0 Å². The molecule has 4 heteroatoms. The minimum Gasteiger partial charge on any atom is -0.288 e. The van der Waals surface area contributed by atoms with Crippen LogP contribution in [0.15, 0.2) is 29.6 Å². The number of hydrogen-bond acceptors (Lipinski definition) is 2. The van der Waals surface area contributed by atoms with Gasteiger partial charge in [0.25, 0.3) is 0 Å². The highest BCUT2D eigenvalue weighted by atomic mass is 35.5. The Hall–Kier alpha value is -1.19. The number of halogens is 2. The highest BCUT2D eigenvalue weighted by Gasteiger charge is 2.19. The molecule has 2 rings (SSSR count). The lowest BCUT2D eigenvalue weighted by molar-refractivity contribution is 0.103. The lowest BCUT2D eigenvalue weighted by Gasteiger charge is -2.03. The summed E-state index contributed by atoms with van der Waals surface area (Å²) in [5, 5.41) is 1.95. The zero-order valence-electron chi connectivity index (χ0n) is 8.46. The minimum absolute atomic E-state index is 0.0466. The molecular weight excluding hydrogens is 247 g/mol. The van der Waals surface area contributed by atoms with Crippen LogP contribution in [0.4, 0.5) is 4.39 Å². The van der Waals surface area contributed by atoms with Gasteiger partial charge in [-0.1, -0.05) is 17.7 Å². The Labute approximate surface area is 101 Å². The van der Waals surface area contributed by atoms with Gasteiger partial charge >= 0.3 is 0 Å². The van der Waals surface area contributed by atoms with E-state index in [-0.39, 0.29) is 16.4 Å². The van der Waals surface area contributed by atoms with Crippen LogP contribution < -0.4 is 0 Å². The van der Waals surface area contributed by atoms with E-state index in [4.69, 9.17) is 11.6 Å². The summed E-state index contributed by atoms with van der Waals surface area (Å²) in [5.41, 5.74) is 0.795. The van der Waals surface area contributed by atoms with Crippen LogP contribution in [0, 0.1) is 12.7 Å². The van der Waals surface area contributed by atoms with Crippen LogP contribution in [-0.2, 0) is 0 Å². The zero-order valence-corrected chi connectivity index (χ0v) is 10.0. The van der Waals surface area contributed by atoms with Crippen molar-refractivity contribution in [1.29, 1.82) is 0 Å². The van der Waals surface area contributed by atoms with Gasteiger partial charge in [0.1, 0.15) is 5.82 Å². The Morgan fingerprint density at radius 1 is 1.38 bits per heavy atom. The molecule has 0 aliphatic rings. The predicted molar refractivity (Wildman–Crippen MR) is 63.9 cm³/mol. The third kappa shape index (κ3) is 1.88. The molecule has 0 amide bonds. The van der Waals surface area contributed by atoms with Gasteiger partial charge in [0, 0.05) is 0 Å². The Balaban J connectivity index is 2.54. The number of aryl methyl sites for hydroxylation is 1. The first-order valence-corrected chi connectivity index (χ1v) is 5.90. The maximum Gasteiger partial charge on any atom is 0.207 e. The van der Waals surface area contributed by atoms with Crippen molar-refractivity contribution in [2.45, 2.75) is 6.92 Å². The SMILES string of the molecule is Cc1ccsc1C(=O)c1c(F)cccc1Cl. The number of benzene rings is 1. The van der Waals surface area contributed by atoms with Gasteiger partial charge in [-0.2, -0.15) is 0 Å². The van der Waals surface area contributed by atoms with Crippen LogP contribution in [0.25, 0.3) is 0 Å².